The second kappa shape index (κ2) is 8.12. The number of hydrogen-bond acceptors (Lipinski definition) is 3. The first-order valence-electron chi connectivity index (χ1n) is 7.97. The fourth-order valence-corrected chi connectivity index (χ4v) is 2.24. The van der Waals surface area contributed by atoms with Gasteiger partial charge in [0.15, 0.2) is 0 Å². The van der Waals surface area contributed by atoms with E-state index in [0.717, 1.165) is 13.1 Å². The van der Waals surface area contributed by atoms with Crippen LogP contribution in [-0.2, 0) is 21.8 Å². The minimum Gasteiger partial charge on any atom is -0.357 e. The van der Waals surface area contributed by atoms with Gasteiger partial charge >= 0.3 is 17.1 Å². The third kappa shape index (κ3) is 8.50. The van der Waals surface area contributed by atoms with Crippen LogP contribution in [0.5, 0.6) is 0 Å². The fourth-order valence-electron chi connectivity index (χ4n) is 2.24. The zero-order valence-corrected chi connectivity index (χ0v) is 16.4. The average molecular weight is 358 g/mol. The molecule has 1 aliphatic carbocycles. The van der Waals surface area contributed by atoms with Crippen molar-refractivity contribution in [3.8, 4) is 0 Å². The van der Waals surface area contributed by atoms with Gasteiger partial charge in [-0.25, -0.2) is 0 Å². The zero-order chi connectivity index (χ0) is 16.3. The summed E-state index contributed by atoms with van der Waals surface area (Å²) in [6, 6.07) is 0. The Morgan fingerprint density at radius 3 is 1.82 bits per heavy atom. The molecule has 0 saturated carbocycles. The molecule has 0 aromatic heterocycles. The van der Waals surface area contributed by atoms with E-state index in [1.807, 2.05) is 0 Å². The van der Waals surface area contributed by atoms with Gasteiger partial charge in [0.2, 0.25) is 0 Å². The van der Waals surface area contributed by atoms with Crippen molar-refractivity contribution >= 4 is 0 Å². The molecule has 132 valence electrons. The minimum atomic E-state index is 0. The predicted molar refractivity (Wildman–Crippen MR) is 91.7 cm³/mol. The molecule has 4 heteroatoms. The van der Waals surface area contributed by atoms with Gasteiger partial charge in [-0.1, -0.05) is 18.2 Å². The van der Waals surface area contributed by atoms with Crippen LogP contribution in [0.4, 0.5) is 0 Å². The average Bonchev–Trinajstić information content (AvgIpc) is 2.97. The Kier molecular flexibility index (Phi) is 8.07. The summed E-state index contributed by atoms with van der Waals surface area (Å²) in [5.74, 6) is 0. The first kappa shape index (κ1) is 21.9. The first-order valence-corrected chi connectivity index (χ1v) is 7.97. The molecule has 2 atom stereocenters. The van der Waals surface area contributed by atoms with Crippen LogP contribution in [0.15, 0.2) is 23.8 Å². The molecule has 1 aliphatic heterocycles. The molecule has 1 fully saturated rings. The smallest absolute Gasteiger partial charge is 0.357 e. The van der Waals surface area contributed by atoms with Gasteiger partial charge in [0, 0.05) is 24.2 Å². The fraction of sp³-hybridized carbons (Fsp3) is 0.778. The SMILES string of the molecule is CC(C)(C)NCCNC(C)(C)C.CC1=CC=CC2(C)OC12.[Cu+]. The summed E-state index contributed by atoms with van der Waals surface area (Å²) >= 11 is 0. The van der Waals surface area contributed by atoms with Crippen LogP contribution >= 0.6 is 0 Å². The van der Waals surface area contributed by atoms with Crippen LogP contribution < -0.4 is 10.6 Å². The van der Waals surface area contributed by atoms with Gasteiger partial charge in [-0.2, -0.15) is 0 Å². The Hall–Kier alpha value is -0.121. The molecule has 22 heavy (non-hydrogen) atoms. The summed E-state index contributed by atoms with van der Waals surface area (Å²) in [6.45, 7) is 19.4. The van der Waals surface area contributed by atoms with E-state index >= 15 is 0 Å². The van der Waals surface area contributed by atoms with Crippen molar-refractivity contribution < 1.29 is 21.8 Å². The summed E-state index contributed by atoms with van der Waals surface area (Å²) in [5.41, 5.74) is 1.89. The molecule has 0 amide bonds. The van der Waals surface area contributed by atoms with Crippen molar-refractivity contribution in [3.05, 3.63) is 23.8 Å². The number of allylic oxidation sites excluding steroid dienone is 2. The van der Waals surface area contributed by atoms with E-state index in [2.05, 4.69) is 84.3 Å². The van der Waals surface area contributed by atoms with Gasteiger partial charge < -0.3 is 15.4 Å². The van der Waals surface area contributed by atoms with Gasteiger partial charge in [-0.3, -0.25) is 0 Å². The Morgan fingerprint density at radius 1 is 1.05 bits per heavy atom. The summed E-state index contributed by atoms with van der Waals surface area (Å²) < 4.78 is 5.42. The normalized spacial score (nSPS) is 26.2. The van der Waals surface area contributed by atoms with Crippen LogP contribution in [0.1, 0.15) is 55.4 Å². The molecule has 2 unspecified atom stereocenters. The monoisotopic (exact) mass is 357 g/mol. The molecule has 2 aliphatic rings. The van der Waals surface area contributed by atoms with Crippen molar-refractivity contribution in [2.45, 2.75) is 78.2 Å². The maximum atomic E-state index is 5.42. The molecule has 1 saturated heterocycles. The maximum Gasteiger partial charge on any atom is 1.00 e. The molecular weight excluding hydrogens is 324 g/mol. The Morgan fingerprint density at radius 2 is 1.50 bits per heavy atom. The molecular formula is C18H34CuN2O+. The summed E-state index contributed by atoms with van der Waals surface area (Å²) in [7, 11) is 0. The van der Waals surface area contributed by atoms with E-state index in [1.54, 1.807) is 0 Å². The third-order valence-electron chi connectivity index (χ3n) is 3.47. The number of fused-ring (bicyclic) bond motifs is 1. The van der Waals surface area contributed by atoms with E-state index in [-0.39, 0.29) is 33.7 Å². The largest absolute Gasteiger partial charge is 1.00 e. The molecule has 0 aromatic rings. The molecule has 0 radical (unpaired) electrons. The van der Waals surface area contributed by atoms with Crippen LogP contribution in [-0.4, -0.2) is 35.9 Å². The second-order valence-corrected chi connectivity index (χ2v) is 8.31. The molecule has 0 aromatic carbocycles. The van der Waals surface area contributed by atoms with Gasteiger partial charge in [0.1, 0.15) is 11.7 Å². The second-order valence-electron chi connectivity index (χ2n) is 8.31. The summed E-state index contributed by atoms with van der Waals surface area (Å²) in [6.07, 6.45) is 6.69. The standard InChI is InChI=1S/C10H24N2.C8H10O.Cu/c1-9(2,3)11-7-8-12-10(4,5)6;1-6-4-3-5-8(2)7(6)9-8;/h11-12H,7-8H2,1-6H3;3-5,7H,1-2H3;/q;;+1. The van der Waals surface area contributed by atoms with Gasteiger partial charge in [-0.15, -0.1) is 0 Å². The van der Waals surface area contributed by atoms with Crippen molar-refractivity contribution in [2.24, 2.45) is 0 Å². The number of ether oxygens (including phenoxy) is 1. The van der Waals surface area contributed by atoms with Gasteiger partial charge in [0.05, 0.1) is 0 Å². The van der Waals surface area contributed by atoms with E-state index < -0.39 is 0 Å². The van der Waals surface area contributed by atoms with Crippen LogP contribution in [0.25, 0.3) is 0 Å². The third-order valence-corrected chi connectivity index (χ3v) is 3.47. The number of epoxide rings is 1. The Bertz CT molecular complexity index is 388. The van der Waals surface area contributed by atoms with E-state index in [9.17, 15) is 0 Å². The number of hydrogen-bond donors (Lipinski definition) is 2. The first-order chi connectivity index (χ1) is 9.43. The quantitative estimate of drug-likeness (QED) is 0.461. The molecule has 2 rings (SSSR count). The Balaban J connectivity index is 0.000000393. The molecule has 3 nitrogen and oxygen atoms in total. The summed E-state index contributed by atoms with van der Waals surface area (Å²) in [5, 5.41) is 6.86. The minimum absolute atomic E-state index is 0. The number of nitrogens with one attached hydrogen (secondary N) is 2. The van der Waals surface area contributed by atoms with E-state index in [4.69, 9.17) is 4.74 Å². The molecule has 1 heterocycles. The van der Waals surface area contributed by atoms with E-state index in [1.165, 1.54) is 5.57 Å². The predicted octanol–water partition coefficient (Wildman–Crippen LogP) is 3.42. The van der Waals surface area contributed by atoms with Crippen LogP contribution in [0.3, 0.4) is 0 Å². The van der Waals surface area contributed by atoms with Crippen molar-refractivity contribution in [3.63, 3.8) is 0 Å². The van der Waals surface area contributed by atoms with Gasteiger partial charge in [-0.05, 0) is 61.0 Å². The number of rotatable bonds is 3. The van der Waals surface area contributed by atoms with Crippen LogP contribution in [0.2, 0.25) is 0 Å². The maximum absolute atomic E-state index is 5.42. The molecule has 2 N–H and O–H groups in total. The van der Waals surface area contributed by atoms with Crippen molar-refractivity contribution in [1.82, 2.24) is 10.6 Å². The topological polar surface area (TPSA) is 36.6 Å². The van der Waals surface area contributed by atoms with Gasteiger partial charge in [0.25, 0.3) is 0 Å². The molecule has 0 bridgehead atoms. The molecule has 0 spiro atoms. The van der Waals surface area contributed by atoms with Crippen LogP contribution in [0, 0.1) is 0 Å². The Labute approximate surface area is 147 Å². The van der Waals surface area contributed by atoms with Crippen molar-refractivity contribution in [2.75, 3.05) is 13.1 Å². The summed E-state index contributed by atoms with van der Waals surface area (Å²) in [4.78, 5) is 0. The van der Waals surface area contributed by atoms with E-state index in [0.29, 0.717) is 6.10 Å². The zero-order valence-electron chi connectivity index (χ0n) is 15.4. The van der Waals surface area contributed by atoms with Crippen molar-refractivity contribution in [1.29, 1.82) is 0 Å².